The number of hydrogen-bond acceptors (Lipinski definition) is 4. The maximum Gasteiger partial charge on any atom is 0.412 e. The van der Waals surface area contributed by atoms with Gasteiger partial charge in [-0.1, -0.05) is 39.5 Å². The predicted octanol–water partition coefficient (Wildman–Crippen LogP) is 5.91. The molecule has 0 fully saturated rings. The monoisotopic (exact) mass is 426 g/mol. The quantitative estimate of drug-likeness (QED) is 0.387. The Morgan fingerprint density at radius 2 is 1.97 bits per heavy atom. The number of pyridine rings is 1. The fraction of sp³-hybridized carbons (Fsp3) is 0.417. The van der Waals surface area contributed by atoms with Gasteiger partial charge in [-0.3, -0.25) is 14.7 Å². The number of carbonyl (C=O) groups excluding carboxylic acids is 1. The summed E-state index contributed by atoms with van der Waals surface area (Å²) >= 11 is 0. The highest BCUT2D eigenvalue weighted by Gasteiger charge is 2.15. The third-order valence-corrected chi connectivity index (χ3v) is 5.13. The van der Waals surface area contributed by atoms with Crippen molar-refractivity contribution in [3.05, 3.63) is 54.7 Å². The van der Waals surface area contributed by atoms with E-state index in [9.17, 15) is 9.18 Å². The van der Waals surface area contributed by atoms with Crippen LogP contribution in [0.5, 0.6) is 5.75 Å². The molecule has 2 heterocycles. The molecule has 1 amide bonds. The first kappa shape index (κ1) is 22.6. The van der Waals surface area contributed by atoms with Crippen LogP contribution in [0.25, 0.3) is 10.9 Å². The molecule has 2 aromatic heterocycles. The highest BCUT2D eigenvalue weighted by molar-refractivity contribution is 5.83. The molecule has 0 saturated heterocycles. The molecule has 6 nitrogen and oxygen atoms in total. The van der Waals surface area contributed by atoms with Crippen LogP contribution in [-0.2, 0) is 0 Å². The minimum absolute atomic E-state index is 0.371. The fourth-order valence-corrected chi connectivity index (χ4v) is 3.58. The second kappa shape index (κ2) is 11.3. The number of carbonyl (C=O) groups is 1. The van der Waals surface area contributed by atoms with E-state index in [-0.39, 0.29) is 5.82 Å². The molecule has 0 aliphatic rings. The van der Waals surface area contributed by atoms with Crippen LogP contribution >= 0.6 is 0 Å². The van der Waals surface area contributed by atoms with E-state index in [1.807, 2.05) is 41.0 Å². The van der Waals surface area contributed by atoms with Crippen LogP contribution in [0.4, 0.5) is 14.9 Å². The number of fused-ring (bicyclic) bond motifs is 1. The van der Waals surface area contributed by atoms with E-state index in [4.69, 9.17) is 4.74 Å². The van der Waals surface area contributed by atoms with Crippen LogP contribution in [0, 0.1) is 5.82 Å². The Balaban J connectivity index is 1.68. The highest BCUT2D eigenvalue weighted by atomic mass is 19.1. The number of nitrogens with zero attached hydrogens (tertiary/aromatic N) is 3. The Labute approximate surface area is 183 Å². The highest BCUT2D eigenvalue weighted by Crippen LogP contribution is 2.26. The van der Waals surface area contributed by atoms with Gasteiger partial charge in [0, 0.05) is 30.9 Å². The van der Waals surface area contributed by atoms with Gasteiger partial charge in [0.2, 0.25) is 0 Å². The molecule has 3 rings (SSSR count). The van der Waals surface area contributed by atoms with Crippen molar-refractivity contribution in [1.82, 2.24) is 15.0 Å². The smallest absolute Gasteiger partial charge is 0.410 e. The van der Waals surface area contributed by atoms with Gasteiger partial charge in [-0.25, -0.2) is 9.18 Å². The van der Waals surface area contributed by atoms with Crippen LogP contribution in [0.15, 0.2) is 48.9 Å². The van der Waals surface area contributed by atoms with Crippen molar-refractivity contribution < 1.29 is 13.9 Å². The van der Waals surface area contributed by atoms with Crippen LogP contribution in [0.2, 0.25) is 0 Å². The molecule has 3 aromatic rings. The minimum atomic E-state index is -0.444. The molecule has 0 aliphatic carbocycles. The number of aromatic nitrogens is 2. The summed E-state index contributed by atoms with van der Waals surface area (Å²) in [5.74, 6) is 0.106. The molecule has 0 saturated carbocycles. The summed E-state index contributed by atoms with van der Waals surface area (Å²) in [7, 11) is 0. The molecular weight excluding hydrogens is 395 g/mol. The van der Waals surface area contributed by atoms with Crippen molar-refractivity contribution in [3.63, 3.8) is 0 Å². The number of amides is 1. The molecule has 7 heteroatoms. The number of nitrogens with one attached hydrogen (secondary N) is 1. The predicted molar refractivity (Wildman–Crippen MR) is 122 cm³/mol. The number of anilines is 1. The van der Waals surface area contributed by atoms with Gasteiger partial charge in [0.25, 0.3) is 0 Å². The van der Waals surface area contributed by atoms with Gasteiger partial charge in [-0.2, -0.15) is 0 Å². The summed E-state index contributed by atoms with van der Waals surface area (Å²) in [5.41, 5.74) is 1.36. The lowest BCUT2D eigenvalue weighted by molar-refractivity contribution is 0.200. The molecule has 1 N–H and O–H groups in total. The molecule has 0 unspecified atom stereocenters. The molecule has 0 aliphatic heterocycles. The Morgan fingerprint density at radius 1 is 1.13 bits per heavy atom. The summed E-state index contributed by atoms with van der Waals surface area (Å²) < 4.78 is 21.7. The van der Waals surface area contributed by atoms with Gasteiger partial charge < -0.3 is 10.1 Å². The number of hydrogen-bond donors (Lipinski definition) is 1. The first-order valence-electron chi connectivity index (χ1n) is 11.1. The molecule has 1 aromatic carbocycles. The zero-order valence-electron chi connectivity index (χ0n) is 18.3. The summed E-state index contributed by atoms with van der Waals surface area (Å²) in [4.78, 5) is 15.9. The van der Waals surface area contributed by atoms with Crippen molar-refractivity contribution >= 4 is 22.7 Å². The maximum absolute atomic E-state index is 14.4. The lowest BCUT2D eigenvalue weighted by Crippen LogP contribution is -2.30. The molecular formula is C24H31FN4O2. The molecule has 0 radical (unpaired) electrons. The maximum atomic E-state index is 14.4. The standard InChI is InChI=1S/C24H31FN4O2/c1-3-5-6-7-8-13-27-24(30)31-20-9-10-22-19(17-20)12-16-29(22)28(15-4-2)23-11-14-26-18-21(23)25/h9-12,14,16-18H,3-8,13,15H2,1-2H3,(H,27,30). The van der Waals surface area contributed by atoms with E-state index in [0.717, 1.165) is 30.2 Å². The zero-order valence-corrected chi connectivity index (χ0v) is 18.3. The van der Waals surface area contributed by atoms with Crippen molar-refractivity contribution in [2.45, 2.75) is 52.4 Å². The van der Waals surface area contributed by atoms with Crippen molar-refractivity contribution in [3.8, 4) is 5.75 Å². The first-order valence-corrected chi connectivity index (χ1v) is 11.1. The largest absolute Gasteiger partial charge is 0.412 e. The van der Waals surface area contributed by atoms with E-state index in [1.54, 1.807) is 18.3 Å². The number of benzene rings is 1. The molecule has 31 heavy (non-hydrogen) atoms. The summed E-state index contributed by atoms with van der Waals surface area (Å²) in [5, 5.41) is 5.59. The van der Waals surface area contributed by atoms with Crippen molar-refractivity contribution in [2.24, 2.45) is 0 Å². The molecule has 0 atom stereocenters. The Kier molecular flexibility index (Phi) is 8.27. The number of ether oxygens (including phenoxy) is 1. The fourth-order valence-electron chi connectivity index (χ4n) is 3.58. The van der Waals surface area contributed by atoms with Crippen LogP contribution < -0.4 is 15.1 Å². The third-order valence-electron chi connectivity index (χ3n) is 5.13. The lowest BCUT2D eigenvalue weighted by Gasteiger charge is -2.26. The van der Waals surface area contributed by atoms with Gasteiger partial charge >= 0.3 is 6.09 Å². The SMILES string of the molecule is CCCCCCCNC(=O)Oc1ccc2c(ccn2N(CCC)c2ccncc2F)c1. The van der Waals surface area contributed by atoms with Gasteiger partial charge in [-0.05, 0) is 43.2 Å². The molecule has 0 bridgehead atoms. The summed E-state index contributed by atoms with van der Waals surface area (Å²) in [6.45, 7) is 5.49. The van der Waals surface area contributed by atoms with Gasteiger partial charge in [0.1, 0.15) is 5.75 Å². The third kappa shape index (κ3) is 5.96. The van der Waals surface area contributed by atoms with Gasteiger partial charge in [0.15, 0.2) is 5.82 Å². The van der Waals surface area contributed by atoms with Gasteiger partial charge in [-0.15, -0.1) is 0 Å². The normalized spacial score (nSPS) is 10.9. The minimum Gasteiger partial charge on any atom is -0.410 e. The van der Waals surface area contributed by atoms with E-state index in [1.165, 1.54) is 25.5 Å². The zero-order chi connectivity index (χ0) is 22.1. The van der Waals surface area contributed by atoms with E-state index >= 15 is 0 Å². The van der Waals surface area contributed by atoms with Gasteiger partial charge in [0.05, 0.1) is 17.4 Å². The Morgan fingerprint density at radius 3 is 2.74 bits per heavy atom. The van der Waals surface area contributed by atoms with E-state index < -0.39 is 6.09 Å². The molecule has 0 spiro atoms. The topological polar surface area (TPSA) is 59.4 Å². The first-order chi connectivity index (χ1) is 15.1. The van der Waals surface area contributed by atoms with E-state index in [0.29, 0.717) is 24.5 Å². The number of unbranched alkanes of at least 4 members (excludes halogenated alkanes) is 4. The second-order valence-corrected chi connectivity index (χ2v) is 7.56. The van der Waals surface area contributed by atoms with Crippen molar-refractivity contribution in [1.29, 1.82) is 0 Å². The Bertz CT molecular complexity index is 989. The number of halogens is 1. The second-order valence-electron chi connectivity index (χ2n) is 7.56. The van der Waals surface area contributed by atoms with Crippen molar-refractivity contribution in [2.75, 3.05) is 18.1 Å². The lowest BCUT2D eigenvalue weighted by atomic mass is 10.1. The summed E-state index contributed by atoms with van der Waals surface area (Å²) in [6, 6.07) is 9.05. The van der Waals surface area contributed by atoms with Crippen LogP contribution in [0.3, 0.4) is 0 Å². The van der Waals surface area contributed by atoms with Crippen LogP contribution in [0.1, 0.15) is 52.4 Å². The summed E-state index contributed by atoms with van der Waals surface area (Å²) in [6.07, 6.45) is 10.8. The van der Waals surface area contributed by atoms with Crippen LogP contribution in [-0.4, -0.2) is 28.8 Å². The Hall–Kier alpha value is -3.09. The molecule has 166 valence electrons. The average molecular weight is 427 g/mol. The van der Waals surface area contributed by atoms with E-state index in [2.05, 4.69) is 17.2 Å². The average Bonchev–Trinajstić information content (AvgIpc) is 3.18. The number of rotatable bonds is 11.